The van der Waals surface area contributed by atoms with Crippen molar-refractivity contribution < 1.29 is 13.2 Å². The minimum atomic E-state index is -3.54. The number of nitrogens with one attached hydrogen (secondary N) is 1. The Kier molecular flexibility index (Phi) is 6.23. The smallest absolute Gasteiger partial charge is 0.251 e. The van der Waals surface area contributed by atoms with Gasteiger partial charge in [0.1, 0.15) is 0 Å². The highest BCUT2D eigenvalue weighted by molar-refractivity contribution is 7.89. The molecular weight excluding hydrogens is 362 g/mol. The summed E-state index contributed by atoms with van der Waals surface area (Å²) in [7, 11) is -1.89. The normalized spacial score (nSPS) is 15.6. The van der Waals surface area contributed by atoms with Gasteiger partial charge >= 0.3 is 0 Å². The monoisotopic (exact) mass is 387 g/mol. The van der Waals surface area contributed by atoms with E-state index >= 15 is 0 Å². The fraction of sp³-hybridized carbons (Fsp3) is 0.400. The van der Waals surface area contributed by atoms with Crippen LogP contribution in [-0.4, -0.2) is 36.7 Å². The van der Waals surface area contributed by atoms with Crippen molar-refractivity contribution in [3.8, 4) is 0 Å². The average molecular weight is 388 g/mol. The van der Waals surface area contributed by atoms with Gasteiger partial charge in [-0.3, -0.25) is 9.78 Å². The number of pyridine rings is 1. The van der Waals surface area contributed by atoms with Crippen molar-refractivity contribution in [2.45, 2.75) is 49.6 Å². The van der Waals surface area contributed by atoms with Gasteiger partial charge < -0.3 is 5.32 Å². The maximum absolute atomic E-state index is 12.8. The van der Waals surface area contributed by atoms with Gasteiger partial charge in [0.25, 0.3) is 5.91 Å². The molecule has 6 nitrogen and oxygen atoms in total. The van der Waals surface area contributed by atoms with E-state index in [1.165, 1.54) is 22.9 Å². The molecule has 1 aliphatic carbocycles. The van der Waals surface area contributed by atoms with E-state index in [4.69, 9.17) is 0 Å². The number of rotatable bonds is 6. The highest BCUT2D eigenvalue weighted by Gasteiger charge is 2.29. The standard InChI is InChI=1S/C20H25N3O3S/c1-23(18-7-3-2-4-8-18)27(25,26)19-11-9-17(10-12-19)20(24)22-15-16-6-5-13-21-14-16/h5-6,9-14,18H,2-4,7-8,15H2,1H3,(H,22,24). The number of nitrogens with zero attached hydrogens (tertiary/aromatic N) is 2. The second-order valence-electron chi connectivity index (χ2n) is 6.88. The molecule has 7 heteroatoms. The predicted molar refractivity (Wildman–Crippen MR) is 104 cm³/mol. The molecule has 27 heavy (non-hydrogen) atoms. The van der Waals surface area contributed by atoms with Crippen molar-refractivity contribution in [2.75, 3.05) is 7.05 Å². The minimum Gasteiger partial charge on any atom is -0.348 e. The summed E-state index contributed by atoms with van der Waals surface area (Å²) in [5.41, 5.74) is 1.33. The molecule has 1 saturated carbocycles. The summed E-state index contributed by atoms with van der Waals surface area (Å²) in [5.74, 6) is -0.247. The molecule has 1 heterocycles. The number of benzene rings is 1. The van der Waals surface area contributed by atoms with E-state index in [1.807, 2.05) is 12.1 Å². The molecule has 1 aromatic heterocycles. The minimum absolute atomic E-state index is 0.0613. The Morgan fingerprint density at radius 1 is 1.15 bits per heavy atom. The van der Waals surface area contributed by atoms with Crippen LogP contribution in [0.15, 0.2) is 53.7 Å². The van der Waals surface area contributed by atoms with Gasteiger partial charge in [-0.05, 0) is 48.7 Å². The number of carbonyl (C=O) groups excluding carboxylic acids is 1. The summed E-state index contributed by atoms with van der Waals surface area (Å²) in [4.78, 5) is 16.5. The Bertz CT molecular complexity index is 861. The third-order valence-corrected chi connectivity index (χ3v) is 6.98. The molecule has 0 saturated heterocycles. The first-order valence-electron chi connectivity index (χ1n) is 9.23. The van der Waals surface area contributed by atoms with Gasteiger partial charge in [0, 0.05) is 37.6 Å². The zero-order valence-corrected chi connectivity index (χ0v) is 16.3. The van der Waals surface area contributed by atoms with E-state index in [9.17, 15) is 13.2 Å². The molecule has 0 radical (unpaired) electrons. The average Bonchev–Trinajstić information content (AvgIpc) is 2.73. The number of amides is 1. The van der Waals surface area contributed by atoms with Crippen LogP contribution in [0.1, 0.15) is 48.0 Å². The molecule has 1 N–H and O–H groups in total. The van der Waals surface area contributed by atoms with Crippen molar-refractivity contribution in [1.82, 2.24) is 14.6 Å². The number of hydrogen-bond donors (Lipinski definition) is 1. The van der Waals surface area contributed by atoms with Crippen LogP contribution >= 0.6 is 0 Å². The molecule has 1 aromatic carbocycles. The van der Waals surface area contributed by atoms with Gasteiger partial charge in [0.05, 0.1) is 4.90 Å². The largest absolute Gasteiger partial charge is 0.348 e. The zero-order chi connectivity index (χ0) is 19.3. The number of aromatic nitrogens is 1. The Hall–Kier alpha value is -2.25. The molecule has 0 atom stereocenters. The van der Waals surface area contributed by atoms with Crippen LogP contribution in [-0.2, 0) is 16.6 Å². The maximum Gasteiger partial charge on any atom is 0.251 e. The summed E-state index contributed by atoms with van der Waals surface area (Å²) in [6.45, 7) is 0.372. The van der Waals surface area contributed by atoms with Crippen molar-refractivity contribution >= 4 is 15.9 Å². The first kappa shape index (κ1) is 19.5. The van der Waals surface area contributed by atoms with Gasteiger partial charge in [-0.1, -0.05) is 25.3 Å². The first-order valence-corrected chi connectivity index (χ1v) is 10.7. The van der Waals surface area contributed by atoms with E-state index in [0.717, 1.165) is 31.2 Å². The van der Waals surface area contributed by atoms with E-state index in [0.29, 0.717) is 12.1 Å². The van der Waals surface area contributed by atoms with Crippen molar-refractivity contribution in [1.29, 1.82) is 0 Å². The first-order chi connectivity index (χ1) is 13.0. The van der Waals surface area contributed by atoms with Crippen LogP contribution < -0.4 is 5.32 Å². The highest BCUT2D eigenvalue weighted by atomic mass is 32.2. The summed E-state index contributed by atoms with van der Waals surface area (Å²) in [6.07, 6.45) is 8.50. The van der Waals surface area contributed by atoms with E-state index in [1.54, 1.807) is 31.6 Å². The third-order valence-electron chi connectivity index (χ3n) is 5.06. The van der Waals surface area contributed by atoms with Gasteiger partial charge in [-0.15, -0.1) is 0 Å². The lowest BCUT2D eigenvalue weighted by atomic mass is 9.96. The van der Waals surface area contributed by atoms with Crippen LogP contribution in [0.4, 0.5) is 0 Å². The second kappa shape index (κ2) is 8.63. The molecule has 144 valence electrons. The molecule has 1 aliphatic rings. The summed E-state index contributed by atoms with van der Waals surface area (Å²) in [6, 6.07) is 9.88. The highest BCUT2D eigenvalue weighted by Crippen LogP contribution is 2.26. The summed E-state index contributed by atoms with van der Waals surface area (Å²) >= 11 is 0. The molecule has 0 spiro atoms. The van der Waals surface area contributed by atoms with Crippen molar-refractivity contribution in [2.24, 2.45) is 0 Å². The topological polar surface area (TPSA) is 79.4 Å². The van der Waals surface area contributed by atoms with E-state index < -0.39 is 10.0 Å². The summed E-state index contributed by atoms with van der Waals surface area (Å²) in [5, 5.41) is 2.81. The molecule has 0 aliphatic heterocycles. The molecule has 1 amide bonds. The summed E-state index contributed by atoms with van der Waals surface area (Å²) < 4.78 is 27.2. The Morgan fingerprint density at radius 3 is 2.48 bits per heavy atom. The van der Waals surface area contributed by atoms with Crippen LogP contribution in [0.5, 0.6) is 0 Å². The van der Waals surface area contributed by atoms with Gasteiger partial charge in [0.2, 0.25) is 10.0 Å². The van der Waals surface area contributed by atoms with Crippen LogP contribution in [0.2, 0.25) is 0 Å². The van der Waals surface area contributed by atoms with Crippen LogP contribution in [0, 0.1) is 0 Å². The van der Waals surface area contributed by atoms with E-state index in [2.05, 4.69) is 10.3 Å². The van der Waals surface area contributed by atoms with Gasteiger partial charge in [0.15, 0.2) is 0 Å². The molecular formula is C20H25N3O3S. The predicted octanol–water partition coefficient (Wildman–Crippen LogP) is 2.96. The second-order valence-corrected chi connectivity index (χ2v) is 8.88. The van der Waals surface area contributed by atoms with Crippen molar-refractivity contribution in [3.63, 3.8) is 0 Å². The number of sulfonamides is 1. The molecule has 0 unspecified atom stereocenters. The quantitative estimate of drug-likeness (QED) is 0.826. The molecule has 0 bridgehead atoms. The Balaban J connectivity index is 1.65. The molecule has 2 aromatic rings. The van der Waals surface area contributed by atoms with E-state index in [-0.39, 0.29) is 16.8 Å². The molecule has 1 fully saturated rings. The number of hydrogen-bond acceptors (Lipinski definition) is 4. The third kappa shape index (κ3) is 4.73. The van der Waals surface area contributed by atoms with Gasteiger partial charge in [-0.25, -0.2) is 8.42 Å². The number of carbonyl (C=O) groups is 1. The lowest BCUT2D eigenvalue weighted by Crippen LogP contribution is -2.38. The maximum atomic E-state index is 12.8. The van der Waals surface area contributed by atoms with Crippen LogP contribution in [0.25, 0.3) is 0 Å². The fourth-order valence-electron chi connectivity index (χ4n) is 3.37. The Labute approximate surface area is 160 Å². The lowest BCUT2D eigenvalue weighted by molar-refractivity contribution is 0.0950. The SMILES string of the molecule is CN(C1CCCCC1)S(=O)(=O)c1ccc(C(=O)NCc2cccnc2)cc1. The van der Waals surface area contributed by atoms with Crippen LogP contribution in [0.3, 0.4) is 0 Å². The Morgan fingerprint density at radius 2 is 1.85 bits per heavy atom. The molecule has 3 rings (SSSR count). The lowest BCUT2D eigenvalue weighted by Gasteiger charge is -2.30. The fourth-order valence-corrected chi connectivity index (χ4v) is 4.79. The van der Waals surface area contributed by atoms with Crippen molar-refractivity contribution in [3.05, 3.63) is 59.9 Å². The zero-order valence-electron chi connectivity index (χ0n) is 15.5. The van der Waals surface area contributed by atoms with Gasteiger partial charge in [-0.2, -0.15) is 4.31 Å².